The average Bonchev–Trinajstić information content (AvgIpc) is 2.96. The van der Waals surface area contributed by atoms with Crippen molar-refractivity contribution in [2.45, 2.75) is 65.5 Å². The maximum atomic E-state index is 11.9. The number of hydrogen-bond donors (Lipinski definition) is 1. The van der Waals surface area contributed by atoms with Gasteiger partial charge in [0.2, 0.25) is 5.91 Å². The highest BCUT2D eigenvalue weighted by Crippen LogP contribution is 2.27. The van der Waals surface area contributed by atoms with Gasteiger partial charge in [-0.05, 0) is 24.5 Å². The Labute approximate surface area is 144 Å². The number of benzene rings is 1. The van der Waals surface area contributed by atoms with E-state index < -0.39 is 0 Å². The molecule has 0 unspecified atom stereocenters. The Morgan fingerprint density at radius 3 is 2.75 bits per heavy atom. The quantitative estimate of drug-likeness (QED) is 0.861. The zero-order valence-electron chi connectivity index (χ0n) is 14.9. The maximum absolute atomic E-state index is 11.9. The second kappa shape index (κ2) is 7.82. The van der Waals surface area contributed by atoms with E-state index in [1.165, 1.54) is 44.0 Å². The highest BCUT2D eigenvalue weighted by Gasteiger charge is 2.16. The number of aromatic nitrogens is 2. The van der Waals surface area contributed by atoms with Crippen molar-refractivity contribution >= 4 is 16.9 Å². The standard InChI is InChI=1S/C20H29N3O/c1-15(2)20(24)21-14-19-22-17-10-6-7-11-18(17)23(19)13-12-16-8-4-3-5-9-16/h6-7,10-11,15-16H,3-5,8-9,12-14H2,1-2H3,(H,21,24). The van der Waals surface area contributed by atoms with Crippen LogP contribution in [-0.2, 0) is 17.9 Å². The Hall–Kier alpha value is -1.84. The largest absolute Gasteiger partial charge is 0.349 e. The van der Waals surface area contributed by atoms with Crippen molar-refractivity contribution in [1.82, 2.24) is 14.9 Å². The van der Waals surface area contributed by atoms with Crippen molar-refractivity contribution in [3.05, 3.63) is 30.1 Å². The van der Waals surface area contributed by atoms with Gasteiger partial charge in [0.1, 0.15) is 5.82 Å². The van der Waals surface area contributed by atoms with Gasteiger partial charge in [-0.3, -0.25) is 4.79 Å². The number of rotatable bonds is 6. The molecule has 0 radical (unpaired) electrons. The summed E-state index contributed by atoms with van der Waals surface area (Å²) in [4.78, 5) is 16.7. The first-order valence-electron chi connectivity index (χ1n) is 9.37. The Morgan fingerprint density at radius 1 is 1.25 bits per heavy atom. The molecule has 0 aliphatic heterocycles. The van der Waals surface area contributed by atoms with Gasteiger partial charge in [0.05, 0.1) is 17.6 Å². The number of amides is 1. The molecule has 3 rings (SSSR count). The summed E-state index contributed by atoms with van der Waals surface area (Å²) >= 11 is 0. The van der Waals surface area contributed by atoms with E-state index in [9.17, 15) is 4.79 Å². The predicted molar refractivity (Wildman–Crippen MR) is 97.6 cm³/mol. The van der Waals surface area contributed by atoms with Crippen molar-refractivity contribution < 1.29 is 4.79 Å². The minimum atomic E-state index is 0.00469. The fraction of sp³-hybridized carbons (Fsp3) is 0.600. The van der Waals surface area contributed by atoms with Crippen LogP contribution in [0.4, 0.5) is 0 Å². The first-order valence-corrected chi connectivity index (χ1v) is 9.37. The summed E-state index contributed by atoms with van der Waals surface area (Å²) in [6, 6.07) is 8.28. The summed E-state index contributed by atoms with van der Waals surface area (Å²) in [5.41, 5.74) is 2.21. The maximum Gasteiger partial charge on any atom is 0.222 e. The Bertz CT molecular complexity index is 683. The van der Waals surface area contributed by atoms with Crippen LogP contribution in [0.3, 0.4) is 0 Å². The molecule has 2 aromatic rings. The second-order valence-corrected chi connectivity index (χ2v) is 7.33. The molecule has 0 bridgehead atoms. The zero-order chi connectivity index (χ0) is 16.9. The van der Waals surface area contributed by atoms with Crippen LogP contribution in [0.15, 0.2) is 24.3 Å². The van der Waals surface area contributed by atoms with Crippen LogP contribution in [0.5, 0.6) is 0 Å². The van der Waals surface area contributed by atoms with Gasteiger partial charge in [0, 0.05) is 12.5 Å². The predicted octanol–water partition coefficient (Wildman–Crippen LogP) is 4.28. The molecule has 1 saturated carbocycles. The molecule has 4 nitrogen and oxygen atoms in total. The van der Waals surface area contributed by atoms with Crippen molar-refractivity contribution in [2.75, 3.05) is 0 Å². The van der Waals surface area contributed by atoms with Crippen molar-refractivity contribution in [1.29, 1.82) is 0 Å². The van der Waals surface area contributed by atoms with E-state index in [-0.39, 0.29) is 11.8 Å². The number of hydrogen-bond acceptors (Lipinski definition) is 2. The first kappa shape index (κ1) is 17.0. The van der Waals surface area contributed by atoms with Gasteiger partial charge in [-0.25, -0.2) is 4.98 Å². The highest BCUT2D eigenvalue weighted by atomic mass is 16.1. The lowest BCUT2D eigenvalue weighted by atomic mass is 9.87. The Balaban J connectivity index is 1.75. The molecular weight excluding hydrogens is 298 g/mol. The highest BCUT2D eigenvalue weighted by molar-refractivity contribution is 5.78. The normalized spacial score (nSPS) is 16.0. The summed E-state index contributed by atoms with van der Waals surface area (Å²) in [6.07, 6.45) is 8.11. The third kappa shape index (κ3) is 3.97. The fourth-order valence-corrected chi connectivity index (χ4v) is 3.67. The molecule has 1 aliphatic carbocycles. The fourth-order valence-electron chi connectivity index (χ4n) is 3.67. The summed E-state index contributed by atoms with van der Waals surface area (Å²) in [5.74, 6) is 1.91. The zero-order valence-corrected chi connectivity index (χ0v) is 14.9. The molecule has 0 spiro atoms. The Kier molecular flexibility index (Phi) is 5.54. The van der Waals surface area contributed by atoms with Crippen LogP contribution in [-0.4, -0.2) is 15.5 Å². The van der Waals surface area contributed by atoms with Gasteiger partial charge >= 0.3 is 0 Å². The van der Waals surface area contributed by atoms with Crippen LogP contribution in [0.1, 0.15) is 58.2 Å². The van der Waals surface area contributed by atoms with Gasteiger partial charge in [-0.2, -0.15) is 0 Å². The lowest BCUT2D eigenvalue weighted by Gasteiger charge is -2.22. The minimum absolute atomic E-state index is 0.00469. The van der Waals surface area contributed by atoms with Crippen LogP contribution in [0.2, 0.25) is 0 Å². The molecular formula is C20H29N3O. The van der Waals surface area contributed by atoms with E-state index in [1.807, 2.05) is 19.9 Å². The smallest absolute Gasteiger partial charge is 0.222 e. The second-order valence-electron chi connectivity index (χ2n) is 7.33. The number of fused-ring (bicyclic) bond motifs is 1. The third-order valence-corrected chi connectivity index (χ3v) is 5.16. The molecule has 0 atom stereocenters. The van der Waals surface area contributed by atoms with Crippen LogP contribution < -0.4 is 5.32 Å². The number of para-hydroxylation sites is 2. The number of aryl methyl sites for hydroxylation is 1. The van der Waals surface area contributed by atoms with Crippen molar-refractivity contribution in [3.63, 3.8) is 0 Å². The van der Waals surface area contributed by atoms with Gasteiger partial charge in [-0.1, -0.05) is 58.1 Å². The van der Waals surface area contributed by atoms with E-state index in [0.717, 1.165) is 23.8 Å². The van der Waals surface area contributed by atoms with E-state index in [0.29, 0.717) is 6.54 Å². The first-order chi connectivity index (χ1) is 11.6. The molecule has 1 heterocycles. The van der Waals surface area contributed by atoms with Crippen LogP contribution in [0, 0.1) is 11.8 Å². The van der Waals surface area contributed by atoms with Gasteiger partial charge in [-0.15, -0.1) is 0 Å². The average molecular weight is 327 g/mol. The van der Waals surface area contributed by atoms with E-state index in [4.69, 9.17) is 4.98 Å². The number of carbonyl (C=O) groups is 1. The summed E-state index contributed by atoms with van der Waals surface area (Å²) < 4.78 is 2.31. The molecule has 1 N–H and O–H groups in total. The molecule has 24 heavy (non-hydrogen) atoms. The molecule has 1 aromatic carbocycles. The summed E-state index contributed by atoms with van der Waals surface area (Å²) in [5, 5.41) is 3.02. The van der Waals surface area contributed by atoms with E-state index in [2.05, 4.69) is 28.1 Å². The Morgan fingerprint density at radius 2 is 2.00 bits per heavy atom. The number of nitrogens with one attached hydrogen (secondary N) is 1. The van der Waals surface area contributed by atoms with Gasteiger partial charge in [0.25, 0.3) is 0 Å². The molecule has 130 valence electrons. The molecule has 1 fully saturated rings. The number of nitrogens with zero attached hydrogens (tertiary/aromatic N) is 2. The van der Waals surface area contributed by atoms with E-state index >= 15 is 0 Å². The minimum Gasteiger partial charge on any atom is -0.349 e. The lowest BCUT2D eigenvalue weighted by molar-refractivity contribution is -0.124. The van der Waals surface area contributed by atoms with Crippen LogP contribution in [0.25, 0.3) is 11.0 Å². The molecule has 0 saturated heterocycles. The monoisotopic (exact) mass is 327 g/mol. The molecule has 1 aromatic heterocycles. The van der Waals surface area contributed by atoms with Crippen LogP contribution >= 0.6 is 0 Å². The summed E-state index contributed by atoms with van der Waals surface area (Å²) in [7, 11) is 0. The number of imidazole rings is 1. The third-order valence-electron chi connectivity index (χ3n) is 5.16. The van der Waals surface area contributed by atoms with Crippen molar-refractivity contribution in [3.8, 4) is 0 Å². The summed E-state index contributed by atoms with van der Waals surface area (Å²) in [6.45, 7) is 5.34. The molecule has 1 amide bonds. The lowest BCUT2D eigenvalue weighted by Crippen LogP contribution is -2.28. The van der Waals surface area contributed by atoms with E-state index in [1.54, 1.807) is 0 Å². The number of carbonyl (C=O) groups excluding carboxylic acids is 1. The topological polar surface area (TPSA) is 46.9 Å². The van der Waals surface area contributed by atoms with Gasteiger partial charge < -0.3 is 9.88 Å². The molecule has 1 aliphatic rings. The molecule has 4 heteroatoms. The van der Waals surface area contributed by atoms with Gasteiger partial charge in [0.15, 0.2) is 0 Å². The van der Waals surface area contributed by atoms with Crippen molar-refractivity contribution in [2.24, 2.45) is 11.8 Å². The SMILES string of the molecule is CC(C)C(=O)NCc1nc2ccccc2n1CCC1CCCCC1.